The SMILES string of the molecule is O=S(=O)(N1CCOCC1)N1CC(CO)CC(C2CCCCC2)C1. The minimum Gasteiger partial charge on any atom is -0.396 e. The maximum absolute atomic E-state index is 12.9. The molecule has 1 aliphatic carbocycles. The van der Waals surface area contributed by atoms with Crippen LogP contribution in [0.2, 0.25) is 0 Å². The van der Waals surface area contributed by atoms with Crippen LogP contribution in [-0.2, 0) is 14.9 Å². The van der Waals surface area contributed by atoms with Gasteiger partial charge >= 0.3 is 0 Å². The number of rotatable bonds is 4. The third-order valence-corrected chi connectivity index (χ3v) is 7.70. The molecule has 0 bridgehead atoms. The van der Waals surface area contributed by atoms with Gasteiger partial charge in [-0.15, -0.1) is 0 Å². The molecule has 134 valence electrons. The highest BCUT2D eigenvalue weighted by Crippen LogP contribution is 2.37. The van der Waals surface area contributed by atoms with Crippen molar-refractivity contribution in [3.8, 4) is 0 Å². The first-order valence-corrected chi connectivity index (χ1v) is 10.4. The third-order valence-electron chi connectivity index (χ3n) is 5.73. The molecule has 1 saturated carbocycles. The Labute approximate surface area is 140 Å². The summed E-state index contributed by atoms with van der Waals surface area (Å²) in [5.74, 6) is 1.10. The zero-order valence-corrected chi connectivity index (χ0v) is 14.7. The Morgan fingerprint density at radius 2 is 1.65 bits per heavy atom. The van der Waals surface area contributed by atoms with Crippen LogP contribution in [0, 0.1) is 17.8 Å². The molecule has 0 aromatic rings. The van der Waals surface area contributed by atoms with E-state index < -0.39 is 10.2 Å². The monoisotopic (exact) mass is 346 g/mol. The molecule has 2 saturated heterocycles. The van der Waals surface area contributed by atoms with Crippen LogP contribution in [0.3, 0.4) is 0 Å². The summed E-state index contributed by atoms with van der Waals surface area (Å²) in [6.07, 6.45) is 7.24. The van der Waals surface area contributed by atoms with E-state index in [4.69, 9.17) is 4.74 Å². The first-order valence-electron chi connectivity index (χ1n) is 9.05. The lowest BCUT2D eigenvalue weighted by Crippen LogP contribution is -2.54. The third kappa shape index (κ3) is 4.07. The van der Waals surface area contributed by atoms with Crippen LogP contribution in [-0.4, -0.2) is 68.1 Å². The highest BCUT2D eigenvalue weighted by atomic mass is 32.2. The molecular formula is C16H30N2O4S. The molecule has 2 atom stereocenters. The number of hydrogen-bond acceptors (Lipinski definition) is 4. The Balaban J connectivity index is 1.71. The van der Waals surface area contributed by atoms with Gasteiger partial charge in [0.1, 0.15) is 0 Å². The standard InChI is InChI=1S/C16H30N2O4S/c19-13-14-10-16(15-4-2-1-3-5-15)12-18(11-14)23(20,21)17-6-8-22-9-7-17/h14-16,19H,1-13H2. The molecule has 2 heterocycles. The second-order valence-electron chi connectivity index (χ2n) is 7.28. The van der Waals surface area contributed by atoms with Crippen molar-refractivity contribution >= 4 is 10.2 Å². The summed E-state index contributed by atoms with van der Waals surface area (Å²) < 4.78 is 34.4. The summed E-state index contributed by atoms with van der Waals surface area (Å²) >= 11 is 0. The molecule has 0 radical (unpaired) electrons. The van der Waals surface area contributed by atoms with E-state index in [0.717, 1.165) is 6.42 Å². The van der Waals surface area contributed by atoms with Crippen LogP contribution in [0.5, 0.6) is 0 Å². The molecule has 3 rings (SSSR count). The topological polar surface area (TPSA) is 70.1 Å². The van der Waals surface area contributed by atoms with Gasteiger partial charge in [-0.05, 0) is 24.2 Å². The highest BCUT2D eigenvalue weighted by molar-refractivity contribution is 7.86. The molecule has 0 amide bonds. The number of morpholine rings is 1. The summed E-state index contributed by atoms with van der Waals surface area (Å²) in [5, 5.41) is 9.65. The van der Waals surface area contributed by atoms with Crippen molar-refractivity contribution in [3.05, 3.63) is 0 Å². The second-order valence-corrected chi connectivity index (χ2v) is 9.21. The molecule has 0 aromatic heterocycles. The van der Waals surface area contributed by atoms with Crippen molar-refractivity contribution in [1.82, 2.24) is 8.61 Å². The fourth-order valence-electron chi connectivity index (χ4n) is 4.41. The average Bonchev–Trinajstić information content (AvgIpc) is 2.62. The minimum atomic E-state index is -3.42. The molecule has 1 N–H and O–H groups in total. The zero-order valence-electron chi connectivity index (χ0n) is 13.9. The lowest BCUT2D eigenvalue weighted by atomic mass is 9.75. The van der Waals surface area contributed by atoms with Crippen molar-refractivity contribution in [2.24, 2.45) is 17.8 Å². The van der Waals surface area contributed by atoms with Gasteiger partial charge in [0, 0.05) is 32.8 Å². The Bertz CT molecular complexity index is 472. The van der Waals surface area contributed by atoms with Crippen LogP contribution in [0.25, 0.3) is 0 Å². The first-order chi connectivity index (χ1) is 11.1. The molecule has 6 nitrogen and oxygen atoms in total. The summed E-state index contributed by atoms with van der Waals surface area (Å²) in [4.78, 5) is 0. The van der Waals surface area contributed by atoms with Gasteiger partial charge in [-0.3, -0.25) is 0 Å². The van der Waals surface area contributed by atoms with Gasteiger partial charge in [-0.2, -0.15) is 17.0 Å². The minimum absolute atomic E-state index is 0.0755. The Morgan fingerprint density at radius 1 is 0.957 bits per heavy atom. The van der Waals surface area contributed by atoms with E-state index >= 15 is 0 Å². The van der Waals surface area contributed by atoms with Crippen molar-refractivity contribution in [1.29, 1.82) is 0 Å². The summed E-state index contributed by atoms with van der Waals surface area (Å²) in [5.41, 5.74) is 0. The van der Waals surface area contributed by atoms with Crippen molar-refractivity contribution < 1.29 is 18.3 Å². The fraction of sp³-hybridized carbons (Fsp3) is 1.00. The molecule has 3 fully saturated rings. The Morgan fingerprint density at radius 3 is 2.30 bits per heavy atom. The van der Waals surface area contributed by atoms with E-state index in [9.17, 15) is 13.5 Å². The van der Waals surface area contributed by atoms with Crippen molar-refractivity contribution in [2.75, 3.05) is 46.0 Å². The Hall–Kier alpha value is -0.210. The Kier molecular flexibility index (Phi) is 5.96. The number of piperidine rings is 1. The lowest BCUT2D eigenvalue weighted by Gasteiger charge is -2.42. The van der Waals surface area contributed by atoms with Crippen LogP contribution < -0.4 is 0 Å². The van der Waals surface area contributed by atoms with Gasteiger partial charge in [0.05, 0.1) is 13.2 Å². The van der Waals surface area contributed by atoms with Gasteiger partial charge in [-0.25, -0.2) is 0 Å². The van der Waals surface area contributed by atoms with Gasteiger partial charge < -0.3 is 9.84 Å². The van der Waals surface area contributed by atoms with Gasteiger partial charge in [-0.1, -0.05) is 32.1 Å². The van der Waals surface area contributed by atoms with Gasteiger partial charge in [0.2, 0.25) is 0 Å². The quantitative estimate of drug-likeness (QED) is 0.827. The van der Waals surface area contributed by atoms with Crippen molar-refractivity contribution in [2.45, 2.75) is 38.5 Å². The number of aliphatic hydroxyl groups excluding tert-OH is 1. The van der Waals surface area contributed by atoms with E-state index in [0.29, 0.717) is 51.2 Å². The summed E-state index contributed by atoms with van der Waals surface area (Å²) in [6.45, 7) is 3.00. The predicted octanol–water partition coefficient (Wildman–Crippen LogP) is 1.07. The number of hydrogen-bond donors (Lipinski definition) is 1. The summed E-state index contributed by atoms with van der Waals surface area (Å²) in [6, 6.07) is 0. The number of ether oxygens (including phenoxy) is 1. The van der Waals surface area contributed by atoms with Crippen LogP contribution in [0.4, 0.5) is 0 Å². The van der Waals surface area contributed by atoms with Gasteiger partial charge in [0.25, 0.3) is 10.2 Å². The second kappa shape index (κ2) is 7.78. The van der Waals surface area contributed by atoms with E-state index in [1.807, 2.05) is 0 Å². The number of aliphatic hydroxyl groups is 1. The average molecular weight is 346 g/mol. The first kappa shape index (κ1) is 17.6. The van der Waals surface area contributed by atoms with Crippen LogP contribution in [0.15, 0.2) is 0 Å². The van der Waals surface area contributed by atoms with Crippen LogP contribution in [0.1, 0.15) is 38.5 Å². The smallest absolute Gasteiger partial charge is 0.282 e. The lowest BCUT2D eigenvalue weighted by molar-refractivity contribution is 0.0606. The van der Waals surface area contributed by atoms with E-state index in [2.05, 4.69) is 0 Å². The molecular weight excluding hydrogens is 316 g/mol. The number of nitrogens with zero attached hydrogens (tertiary/aromatic N) is 2. The molecule has 0 aromatic carbocycles. The fourth-order valence-corrected chi connectivity index (χ4v) is 6.13. The predicted molar refractivity (Wildman–Crippen MR) is 88.1 cm³/mol. The van der Waals surface area contributed by atoms with Crippen LogP contribution >= 0.6 is 0 Å². The van der Waals surface area contributed by atoms with E-state index in [-0.39, 0.29) is 12.5 Å². The maximum Gasteiger partial charge on any atom is 0.282 e. The molecule has 23 heavy (non-hydrogen) atoms. The summed E-state index contributed by atoms with van der Waals surface area (Å²) in [7, 11) is -3.42. The van der Waals surface area contributed by atoms with E-state index in [1.165, 1.54) is 32.1 Å². The van der Waals surface area contributed by atoms with Gasteiger partial charge in [0.15, 0.2) is 0 Å². The molecule has 2 unspecified atom stereocenters. The highest BCUT2D eigenvalue weighted by Gasteiger charge is 2.39. The normalized spacial score (nSPS) is 32.9. The molecule has 0 spiro atoms. The largest absolute Gasteiger partial charge is 0.396 e. The van der Waals surface area contributed by atoms with E-state index in [1.54, 1.807) is 8.61 Å². The zero-order chi connectivity index (χ0) is 16.3. The maximum atomic E-state index is 12.9. The molecule has 2 aliphatic heterocycles. The van der Waals surface area contributed by atoms with Crippen molar-refractivity contribution in [3.63, 3.8) is 0 Å². The molecule has 7 heteroatoms. The molecule has 3 aliphatic rings.